The summed E-state index contributed by atoms with van der Waals surface area (Å²) in [7, 11) is -2.73. The molecule has 0 saturated carbocycles. The Morgan fingerprint density at radius 3 is 2.40 bits per heavy atom. The standard InChI is InChI=1S/C18H19ClN2O3S/c1-12-9-15(5-8-17(12)19)14-3-6-16(7-4-14)25(22,23)11-20-18-10-13(2)24-21-18/h3-10,22-23H,11H2,1-2H3,(H,20,21)/p+1. The van der Waals surface area contributed by atoms with E-state index in [0.29, 0.717) is 16.5 Å². The number of benzene rings is 2. The second kappa shape index (κ2) is 7.09. The maximum Gasteiger partial charge on any atom is 0.170 e. The summed E-state index contributed by atoms with van der Waals surface area (Å²) in [6, 6.07) is 15.0. The molecule has 0 spiro atoms. The van der Waals surface area contributed by atoms with Gasteiger partial charge in [-0.05, 0) is 54.8 Å². The van der Waals surface area contributed by atoms with E-state index in [9.17, 15) is 4.55 Å². The Morgan fingerprint density at radius 1 is 1.12 bits per heavy atom. The topological polar surface area (TPSA) is 81.2 Å². The monoisotopic (exact) mass is 379 g/mol. The Labute approximate surface area is 153 Å². The quantitative estimate of drug-likeness (QED) is 0.614. The number of aromatic nitrogens is 1. The maximum absolute atomic E-state index is 10.5. The minimum Gasteiger partial charge on any atom is -0.360 e. The lowest BCUT2D eigenvalue weighted by Crippen LogP contribution is -2.12. The van der Waals surface area contributed by atoms with Gasteiger partial charge in [-0.3, -0.25) is 4.55 Å². The van der Waals surface area contributed by atoms with Gasteiger partial charge >= 0.3 is 0 Å². The number of nitrogens with zero attached hydrogens (tertiary/aromatic N) is 1. The molecule has 1 atom stereocenters. The van der Waals surface area contributed by atoms with Gasteiger partial charge in [-0.15, -0.1) is 0 Å². The van der Waals surface area contributed by atoms with Crippen molar-refractivity contribution in [1.29, 1.82) is 0 Å². The molecule has 0 radical (unpaired) electrons. The van der Waals surface area contributed by atoms with Crippen molar-refractivity contribution in [2.45, 2.75) is 18.7 Å². The van der Waals surface area contributed by atoms with Crippen LogP contribution in [0.15, 0.2) is 57.9 Å². The zero-order valence-electron chi connectivity index (χ0n) is 13.9. The van der Waals surface area contributed by atoms with Crippen LogP contribution in [0.4, 0.5) is 5.82 Å². The van der Waals surface area contributed by atoms with Gasteiger partial charge in [0.2, 0.25) is 0 Å². The first-order valence-corrected chi connectivity index (χ1v) is 9.81. The van der Waals surface area contributed by atoms with E-state index in [4.69, 9.17) is 20.7 Å². The van der Waals surface area contributed by atoms with Gasteiger partial charge in [-0.2, -0.15) is 0 Å². The lowest BCUT2D eigenvalue weighted by molar-refractivity contribution is 0.400. The van der Waals surface area contributed by atoms with Gasteiger partial charge in [0.1, 0.15) is 10.7 Å². The predicted octanol–water partition coefficient (Wildman–Crippen LogP) is 4.96. The van der Waals surface area contributed by atoms with Crippen molar-refractivity contribution in [3.8, 4) is 11.1 Å². The fourth-order valence-corrected chi connectivity index (χ4v) is 3.64. The first kappa shape index (κ1) is 17.8. The highest BCUT2D eigenvalue weighted by molar-refractivity contribution is 8.24. The molecule has 1 aromatic heterocycles. The van der Waals surface area contributed by atoms with Crippen LogP contribution in [0.5, 0.6) is 0 Å². The van der Waals surface area contributed by atoms with Crippen LogP contribution in [0.3, 0.4) is 0 Å². The third-order valence-corrected chi connectivity index (χ3v) is 5.86. The van der Waals surface area contributed by atoms with Crippen LogP contribution in [0.25, 0.3) is 11.1 Å². The first-order valence-electron chi connectivity index (χ1n) is 7.67. The summed E-state index contributed by atoms with van der Waals surface area (Å²) >= 11 is 6.07. The fourth-order valence-electron chi connectivity index (χ4n) is 2.41. The van der Waals surface area contributed by atoms with Crippen LogP contribution >= 0.6 is 22.2 Å². The molecule has 5 nitrogen and oxygen atoms in total. The molecule has 4 N–H and O–H groups in total. The Kier molecular flexibility index (Phi) is 5.06. The molecule has 1 unspecified atom stereocenters. The molecule has 0 fully saturated rings. The van der Waals surface area contributed by atoms with Crippen LogP contribution in [0.2, 0.25) is 5.02 Å². The van der Waals surface area contributed by atoms with Crippen molar-refractivity contribution in [3.05, 3.63) is 64.9 Å². The molecule has 3 rings (SSSR count). The van der Waals surface area contributed by atoms with Gasteiger partial charge in [0.15, 0.2) is 11.7 Å². The molecule has 0 aliphatic rings. The van der Waals surface area contributed by atoms with Crippen LogP contribution in [-0.4, -0.2) is 20.1 Å². The minimum absolute atomic E-state index is 0.0817. The predicted molar refractivity (Wildman–Crippen MR) is 103 cm³/mol. The summed E-state index contributed by atoms with van der Waals surface area (Å²) in [5.41, 5.74) is 3.07. The minimum atomic E-state index is -2.73. The summed E-state index contributed by atoms with van der Waals surface area (Å²) < 4.78 is 23.7. The number of hydrogen-bond acceptors (Lipinski definition) is 4. The van der Waals surface area contributed by atoms with Crippen molar-refractivity contribution >= 4 is 28.0 Å². The van der Waals surface area contributed by atoms with E-state index >= 15 is 0 Å². The van der Waals surface area contributed by atoms with E-state index < -0.39 is 10.6 Å². The summed E-state index contributed by atoms with van der Waals surface area (Å²) in [6.07, 6.45) is 0. The second-order valence-electron chi connectivity index (χ2n) is 5.83. The lowest BCUT2D eigenvalue weighted by Gasteiger charge is -2.28. The van der Waals surface area contributed by atoms with Gasteiger partial charge in [-0.25, -0.2) is 0 Å². The first-order chi connectivity index (χ1) is 11.8. The van der Waals surface area contributed by atoms with Gasteiger partial charge in [-0.1, -0.05) is 45.5 Å². The average molecular weight is 380 g/mol. The molecule has 2 aromatic carbocycles. The maximum atomic E-state index is 10.5. The van der Waals surface area contributed by atoms with Gasteiger partial charge in [0, 0.05) is 11.1 Å². The van der Waals surface area contributed by atoms with Crippen LogP contribution in [0.1, 0.15) is 11.3 Å². The largest absolute Gasteiger partial charge is 0.360 e. The Hall–Kier alpha value is -1.99. The van der Waals surface area contributed by atoms with Crippen molar-refractivity contribution in [1.82, 2.24) is 5.16 Å². The zero-order valence-corrected chi connectivity index (χ0v) is 15.5. The van der Waals surface area contributed by atoms with E-state index in [1.807, 2.05) is 37.3 Å². The van der Waals surface area contributed by atoms with E-state index in [1.54, 1.807) is 25.1 Å². The normalized spacial score (nSPS) is 14.8. The van der Waals surface area contributed by atoms with E-state index in [0.717, 1.165) is 21.7 Å². The molecule has 25 heavy (non-hydrogen) atoms. The number of anilines is 1. The number of halogens is 1. The highest BCUT2D eigenvalue weighted by atomic mass is 35.5. The van der Waals surface area contributed by atoms with Crippen LogP contribution in [0, 0.1) is 13.8 Å². The number of aryl methyl sites for hydroxylation is 2. The number of hydrogen-bond donors (Lipinski definition) is 2. The van der Waals surface area contributed by atoms with Crippen LogP contribution in [-0.2, 0) is 0 Å². The molecule has 132 valence electrons. The third-order valence-electron chi connectivity index (χ3n) is 3.83. The average Bonchev–Trinajstić information content (AvgIpc) is 3.01. The molecular formula is C18H20ClN2O3S+. The number of rotatable bonds is 5. The molecule has 3 aromatic rings. The fraction of sp³-hybridized carbons (Fsp3) is 0.167. The number of nitrogens with one attached hydrogen (secondary N) is 1. The van der Waals surface area contributed by atoms with Gasteiger partial charge < -0.3 is 14.4 Å². The van der Waals surface area contributed by atoms with Crippen molar-refractivity contribution in [2.75, 3.05) is 11.2 Å². The molecule has 1 heterocycles. The lowest BCUT2D eigenvalue weighted by atomic mass is 10.0. The molecule has 0 aliphatic carbocycles. The Bertz CT molecular complexity index is 878. The Morgan fingerprint density at radius 2 is 1.80 bits per heavy atom. The molecule has 7 heteroatoms. The van der Waals surface area contributed by atoms with Crippen molar-refractivity contribution in [2.24, 2.45) is 0 Å². The Balaban J connectivity index is 1.74. The second-order valence-corrected chi connectivity index (χ2v) is 8.41. The summed E-state index contributed by atoms with van der Waals surface area (Å²) in [5, 5.41) is 7.48. The van der Waals surface area contributed by atoms with E-state index in [1.165, 1.54) is 0 Å². The molecular weight excluding hydrogens is 360 g/mol. The molecule has 0 saturated heterocycles. The smallest absolute Gasteiger partial charge is 0.170 e. The van der Waals surface area contributed by atoms with Crippen molar-refractivity contribution < 1.29 is 13.6 Å². The molecule has 0 amide bonds. The molecule has 0 aliphatic heterocycles. The van der Waals surface area contributed by atoms with E-state index in [2.05, 4.69) is 10.5 Å². The highest BCUT2D eigenvalue weighted by Gasteiger charge is 2.20. The zero-order chi connectivity index (χ0) is 18.0. The summed E-state index contributed by atoms with van der Waals surface area (Å²) in [6.45, 7) is 3.75. The van der Waals surface area contributed by atoms with E-state index in [-0.39, 0.29) is 5.88 Å². The summed E-state index contributed by atoms with van der Waals surface area (Å²) in [5.74, 6) is 1.27. The van der Waals surface area contributed by atoms with Crippen molar-refractivity contribution in [3.63, 3.8) is 0 Å². The third kappa shape index (κ3) is 4.16. The van der Waals surface area contributed by atoms with Gasteiger partial charge in [0.25, 0.3) is 0 Å². The molecule has 0 bridgehead atoms. The SMILES string of the molecule is Cc1cc(NCS(O)([OH2+])c2ccc(-c3ccc(Cl)c(C)c3)cc2)no1. The van der Waals surface area contributed by atoms with Crippen LogP contribution < -0.4 is 5.32 Å². The highest BCUT2D eigenvalue weighted by Crippen LogP contribution is 2.47. The van der Waals surface area contributed by atoms with Gasteiger partial charge in [0.05, 0.1) is 0 Å². The summed E-state index contributed by atoms with van der Waals surface area (Å²) in [4.78, 5) is 0.578.